The second-order valence-corrected chi connectivity index (χ2v) is 4.50. The monoisotopic (exact) mass is 281 g/mol. The van der Waals surface area contributed by atoms with Crippen LogP contribution in [0.15, 0.2) is 41.0 Å². The van der Waals surface area contributed by atoms with Gasteiger partial charge in [-0.2, -0.15) is 0 Å². The molecule has 0 unspecified atom stereocenters. The van der Waals surface area contributed by atoms with Gasteiger partial charge >= 0.3 is 6.09 Å². The molecule has 0 aromatic heterocycles. The molecule has 0 atom stereocenters. The standard InChI is InChI=1S/C12H12BrNO2/c1-12(2)10(8-13)14(11(15)16-12)9-6-4-3-5-7-9/h3-8H,1-2H3/b10-8+. The molecule has 0 aliphatic carbocycles. The quantitative estimate of drug-likeness (QED) is 0.786. The Kier molecular flexibility index (Phi) is 2.76. The van der Waals surface area contributed by atoms with Gasteiger partial charge in [-0.1, -0.05) is 34.1 Å². The summed E-state index contributed by atoms with van der Waals surface area (Å²) in [5.41, 5.74) is 1.00. The maximum atomic E-state index is 11.8. The second kappa shape index (κ2) is 3.94. The van der Waals surface area contributed by atoms with Gasteiger partial charge in [0.15, 0.2) is 0 Å². The maximum Gasteiger partial charge on any atom is 0.419 e. The molecule has 1 aliphatic rings. The SMILES string of the molecule is CC1(C)OC(=O)N(c2ccccc2)/C1=C/Br. The number of carbonyl (C=O) groups is 1. The molecule has 0 spiro atoms. The van der Waals surface area contributed by atoms with Gasteiger partial charge in [-0.25, -0.2) is 9.69 Å². The van der Waals surface area contributed by atoms with Crippen LogP contribution in [0.5, 0.6) is 0 Å². The molecule has 16 heavy (non-hydrogen) atoms. The number of rotatable bonds is 1. The smallest absolute Gasteiger partial charge is 0.419 e. The van der Waals surface area contributed by atoms with E-state index in [4.69, 9.17) is 4.74 Å². The van der Waals surface area contributed by atoms with E-state index in [9.17, 15) is 4.79 Å². The maximum absolute atomic E-state index is 11.8. The summed E-state index contributed by atoms with van der Waals surface area (Å²) in [7, 11) is 0. The molecule has 1 aromatic carbocycles. The Morgan fingerprint density at radius 2 is 1.94 bits per heavy atom. The number of anilines is 1. The van der Waals surface area contributed by atoms with Crippen LogP contribution in [-0.4, -0.2) is 11.7 Å². The highest BCUT2D eigenvalue weighted by atomic mass is 79.9. The van der Waals surface area contributed by atoms with Crippen molar-refractivity contribution in [2.75, 3.05) is 4.90 Å². The lowest BCUT2D eigenvalue weighted by molar-refractivity contribution is 0.0987. The molecule has 84 valence electrons. The lowest BCUT2D eigenvalue weighted by atomic mass is 10.1. The van der Waals surface area contributed by atoms with Crippen LogP contribution in [0.4, 0.5) is 10.5 Å². The van der Waals surface area contributed by atoms with Crippen molar-refractivity contribution in [1.29, 1.82) is 0 Å². The first-order chi connectivity index (χ1) is 7.56. The van der Waals surface area contributed by atoms with Crippen molar-refractivity contribution in [2.45, 2.75) is 19.4 Å². The summed E-state index contributed by atoms with van der Waals surface area (Å²) in [6.07, 6.45) is -0.345. The van der Waals surface area contributed by atoms with Gasteiger partial charge in [0.1, 0.15) is 5.60 Å². The number of cyclic esters (lactones) is 1. The average molecular weight is 282 g/mol. The summed E-state index contributed by atoms with van der Waals surface area (Å²) in [6, 6.07) is 9.44. The average Bonchev–Trinajstić information content (AvgIpc) is 2.48. The van der Waals surface area contributed by atoms with Crippen LogP contribution in [0.2, 0.25) is 0 Å². The second-order valence-electron chi connectivity index (χ2n) is 4.04. The molecule has 4 heteroatoms. The molecule has 1 aliphatic heterocycles. The van der Waals surface area contributed by atoms with Crippen LogP contribution < -0.4 is 4.90 Å². The lowest BCUT2D eigenvalue weighted by Crippen LogP contribution is -2.25. The highest BCUT2D eigenvalue weighted by Crippen LogP contribution is 2.37. The third-order valence-electron chi connectivity index (χ3n) is 2.50. The van der Waals surface area contributed by atoms with Gasteiger partial charge in [0.05, 0.1) is 11.4 Å². The van der Waals surface area contributed by atoms with Crippen LogP contribution in [0.3, 0.4) is 0 Å². The van der Waals surface area contributed by atoms with E-state index in [0.717, 1.165) is 11.4 Å². The first kappa shape index (κ1) is 11.2. The van der Waals surface area contributed by atoms with Gasteiger partial charge in [-0.15, -0.1) is 0 Å². The van der Waals surface area contributed by atoms with Crippen LogP contribution in [-0.2, 0) is 4.74 Å². The molecular weight excluding hydrogens is 270 g/mol. The van der Waals surface area contributed by atoms with Crippen molar-refractivity contribution in [3.05, 3.63) is 41.0 Å². The number of carbonyl (C=O) groups excluding carboxylic acids is 1. The Morgan fingerprint density at radius 3 is 2.50 bits per heavy atom. The zero-order valence-electron chi connectivity index (χ0n) is 9.11. The van der Waals surface area contributed by atoms with Gasteiger partial charge in [0, 0.05) is 4.99 Å². The number of amides is 1. The fourth-order valence-corrected chi connectivity index (χ4v) is 2.44. The van der Waals surface area contributed by atoms with Crippen LogP contribution in [0.25, 0.3) is 0 Å². The molecule has 2 rings (SSSR count). The number of para-hydroxylation sites is 1. The van der Waals surface area contributed by atoms with Crippen molar-refractivity contribution < 1.29 is 9.53 Å². The molecule has 1 saturated heterocycles. The minimum atomic E-state index is -0.601. The predicted octanol–water partition coefficient (Wildman–Crippen LogP) is 3.66. The number of hydrogen-bond acceptors (Lipinski definition) is 2. The number of benzene rings is 1. The minimum absolute atomic E-state index is 0.345. The zero-order chi connectivity index (χ0) is 11.8. The molecule has 0 N–H and O–H groups in total. The van der Waals surface area contributed by atoms with Crippen LogP contribution in [0.1, 0.15) is 13.8 Å². The Bertz CT molecular complexity index is 440. The Hall–Kier alpha value is -1.29. The normalized spacial score (nSPS) is 21.3. The minimum Gasteiger partial charge on any atom is -0.436 e. The van der Waals surface area contributed by atoms with E-state index in [1.54, 1.807) is 9.89 Å². The number of hydrogen-bond donors (Lipinski definition) is 0. The highest BCUT2D eigenvalue weighted by molar-refractivity contribution is 9.11. The lowest BCUT2D eigenvalue weighted by Gasteiger charge is -2.19. The van der Waals surface area contributed by atoms with Crippen molar-refractivity contribution in [2.24, 2.45) is 0 Å². The van der Waals surface area contributed by atoms with Crippen molar-refractivity contribution in [3.63, 3.8) is 0 Å². The van der Waals surface area contributed by atoms with Crippen LogP contribution >= 0.6 is 15.9 Å². The summed E-state index contributed by atoms with van der Waals surface area (Å²) in [5, 5.41) is 0. The van der Waals surface area contributed by atoms with E-state index in [1.807, 2.05) is 44.2 Å². The molecule has 0 saturated carbocycles. The van der Waals surface area contributed by atoms with Crippen molar-refractivity contribution in [3.8, 4) is 0 Å². The largest absolute Gasteiger partial charge is 0.436 e. The van der Waals surface area contributed by atoms with E-state index in [-0.39, 0.29) is 6.09 Å². The Balaban J connectivity index is 2.46. The van der Waals surface area contributed by atoms with E-state index >= 15 is 0 Å². The highest BCUT2D eigenvalue weighted by Gasteiger charge is 2.43. The molecule has 1 aromatic rings. The first-order valence-electron chi connectivity index (χ1n) is 4.95. The summed E-state index contributed by atoms with van der Waals surface area (Å²) >= 11 is 3.28. The molecule has 1 amide bonds. The van der Waals surface area contributed by atoms with Gasteiger partial charge in [0.25, 0.3) is 0 Å². The molecule has 0 bridgehead atoms. The van der Waals surface area contributed by atoms with E-state index in [0.29, 0.717) is 0 Å². The molecule has 1 fully saturated rings. The first-order valence-corrected chi connectivity index (χ1v) is 5.87. The van der Waals surface area contributed by atoms with Crippen molar-refractivity contribution >= 4 is 27.7 Å². The van der Waals surface area contributed by atoms with Crippen molar-refractivity contribution in [1.82, 2.24) is 0 Å². The number of nitrogens with zero attached hydrogens (tertiary/aromatic N) is 1. The molecule has 0 radical (unpaired) electrons. The van der Waals surface area contributed by atoms with Gasteiger partial charge < -0.3 is 4.74 Å². The van der Waals surface area contributed by atoms with Gasteiger partial charge in [0.2, 0.25) is 0 Å². The molecular formula is C12H12BrNO2. The topological polar surface area (TPSA) is 29.5 Å². The summed E-state index contributed by atoms with van der Waals surface area (Å²) < 4.78 is 5.31. The molecule has 3 nitrogen and oxygen atoms in total. The third kappa shape index (κ3) is 1.73. The van der Waals surface area contributed by atoms with Crippen LogP contribution in [0, 0.1) is 0 Å². The fourth-order valence-electron chi connectivity index (χ4n) is 1.69. The summed E-state index contributed by atoms with van der Waals surface area (Å²) in [6.45, 7) is 3.72. The third-order valence-corrected chi connectivity index (χ3v) is 2.93. The van der Waals surface area contributed by atoms with Gasteiger partial charge in [-0.05, 0) is 26.0 Å². The summed E-state index contributed by atoms with van der Waals surface area (Å²) in [4.78, 5) is 15.1. The number of ether oxygens (including phenoxy) is 1. The Labute approximate surface area is 103 Å². The molecule has 1 heterocycles. The summed E-state index contributed by atoms with van der Waals surface area (Å²) in [5.74, 6) is 0. The number of halogens is 1. The Morgan fingerprint density at radius 1 is 1.31 bits per heavy atom. The van der Waals surface area contributed by atoms with E-state index in [2.05, 4.69) is 15.9 Å². The predicted molar refractivity (Wildman–Crippen MR) is 66.5 cm³/mol. The van der Waals surface area contributed by atoms with E-state index < -0.39 is 5.60 Å². The zero-order valence-corrected chi connectivity index (χ0v) is 10.7. The fraction of sp³-hybridized carbons (Fsp3) is 0.250. The van der Waals surface area contributed by atoms with E-state index in [1.165, 1.54) is 0 Å². The van der Waals surface area contributed by atoms with Gasteiger partial charge in [-0.3, -0.25) is 0 Å².